The molecule has 1 unspecified atom stereocenters. The van der Waals surface area contributed by atoms with E-state index in [0.29, 0.717) is 5.02 Å². The van der Waals surface area contributed by atoms with Crippen molar-refractivity contribution >= 4 is 19.4 Å². The Bertz CT molecular complexity index is 445. The predicted molar refractivity (Wildman–Crippen MR) is 72.1 cm³/mol. The Morgan fingerprint density at radius 2 is 1.65 bits per heavy atom. The molecule has 0 saturated heterocycles. The summed E-state index contributed by atoms with van der Waals surface area (Å²) in [5.41, 5.74) is 0.143. The van der Waals surface area contributed by atoms with Gasteiger partial charge in [-0.2, -0.15) is 0 Å². The number of benzene rings is 1. The molecule has 114 valence electrons. The summed E-state index contributed by atoms with van der Waals surface area (Å²) >= 11 is 5.70. The molecule has 0 amide bonds. The van der Waals surface area contributed by atoms with Crippen LogP contribution >= 0.6 is 19.4 Å². The molecule has 1 atom stereocenters. The first-order valence-corrected chi connectivity index (χ1v) is 7.86. The van der Waals surface area contributed by atoms with Crippen LogP contribution in [0.2, 0.25) is 5.02 Å². The van der Waals surface area contributed by atoms with Crippen LogP contribution in [-0.4, -0.2) is 19.6 Å². The van der Waals surface area contributed by atoms with Gasteiger partial charge in [-0.05, 0) is 31.5 Å². The highest BCUT2D eigenvalue weighted by Crippen LogP contribution is 2.54. The van der Waals surface area contributed by atoms with E-state index in [1.165, 1.54) is 24.3 Å². The highest BCUT2D eigenvalue weighted by Gasteiger charge is 2.35. The van der Waals surface area contributed by atoms with Gasteiger partial charge in [0.1, 0.15) is 0 Å². The summed E-state index contributed by atoms with van der Waals surface area (Å²) in [7, 11) is -4.02. The van der Waals surface area contributed by atoms with Crippen LogP contribution in [0, 0.1) is 0 Å². The molecule has 8 heteroatoms. The third-order valence-electron chi connectivity index (χ3n) is 2.24. The van der Waals surface area contributed by atoms with Crippen molar-refractivity contribution in [2.75, 3.05) is 13.2 Å². The highest BCUT2D eigenvalue weighted by atomic mass is 35.5. The minimum absolute atomic E-state index is 0.0217. The molecule has 20 heavy (non-hydrogen) atoms. The SMILES string of the molecule is CCOP(=O)(OCC)OC(c1ccc(Cl)cc1)C(F)F. The van der Waals surface area contributed by atoms with E-state index in [9.17, 15) is 13.3 Å². The average molecular weight is 329 g/mol. The lowest BCUT2D eigenvalue weighted by atomic mass is 10.1. The number of hydrogen-bond acceptors (Lipinski definition) is 4. The summed E-state index contributed by atoms with van der Waals surface area (Å²) in [6, 6.07) is 5.65. The van der Waals surface area contributed by atoms with E-state index in [1.54, 1.807) is 13.8 Å². The second-order valence-electron chi connectivity index (χ2n) is 3.69. The molecular weight excluding hydrogens is 313 g/mol. The van der Waals surface area contributed by atoms with E-state index in [1.807, 2.05) is 0 Å². The Hall–Kier alpha value is -0.520. The van der Waals surface area contributed by atoms with Crippen molar-refractivity contribution in [1.82, 2.24) is 0 Å². The molecule has 1 rings (SSSR count). The molecule has 0 radical (unpaired) electrons. The van der Waals surface area contributed by atoms with Gasteiger partial charge in [0.05, 0.1) is 13.2 Å². The van der Waals surface area contributed by atoms with Crippen LogP contribution in [0.15, 0.2) is 24.3 Å². The number of halogens is 3. The monoisotopic (exact) mass is 328 g/mol. The second-order valence-corrected chi connectivity index (χ2v) is 5.75. The maximum atomic E-state index is 13.1. The van der Waals surface area contributed by atoms with Gasteiger partial charge in [0, 0.05) is 5.02 Å². The van der Waals surface area contributed by atoms with Crippen molar-refractivity contribution < 1.29 is 26.9 Å². The Morgan fingerprint density at radius 3 is 2.05 bits per heavy atom. The Balaban J connectivity index is 2.96. The highest BCUT2D eigenvalue weighted by molar-refractivity contribution is 7.48. The van der Waals surface area contributed by atoms with Gasteiger partial charge >= 0.3 is 7.82 Å². The third kappa shape index (κ3) is 5.11. The molecule has 0 aromatic heterocycles. The standard InChI is InChI=1S/C12H16ClF2O4P/c1-3-17-20(16,18-4-2)19-11(12(14)15)9-5-7-10(13)8-6-9/h5-8,11-12H,3-4H2,1-2H3. The first-order valence-electron chi connectivity index (χ1n) is 6.03. The lowest BCUT2D eigenvalue weighted by molar-refractivity contribution is -0.0173. The van der Waals surface area contributed by atoms with Crippen LogP contribution in [0.1, 0.15) is 25.5 Å². The summed E-state index contributed by atoms with van der Waals surface area (Å²) in [5, 5.41) is 0.402. The normalized spacial score (nSPS) is 13.7. The van der Waals surface area contributed by atoms with Crippen molar-refractivity contribution in [3.8, 4) is 0 Å². The molecule has 0 bridgehead atoms. The summed E-state index contributed by atoms with van der Waals surface area (Å²) in [4.78, 5) is 0. The molecule has 0 fully saturated rings. The molecule has 1 aromatic rings. The molecule has 0 N–H and O–H groups in total. The summed E-state index contributed by atoms with van der Waals surface area (Å²) in [6.07, 6.45) is -4.60. The number of hydrogen-bond donors (Lipinski definition) is 0. The van der Waals surface area contributed by atoms with Crippen molar-refractivity contribution in [2.24, 2.45) is 0 Å². The molecule has 0 heterocycles. The summed E-state index contributed by atoms with van der Waals surface area (Å²) in [5.74, 6) is 0. The zero-order valence-corrected chi connectivity index (χ0v) is 12.7. The van der Waals surface area contributed by atoms with Crippen molar-refractivity contribution in [1.29, 1.82) is 0 Å². The first-order chi connectivity index (χ1) is 9.41. The van der Waals surface area contributed by atoms with Gasteiger partial charge in [0.15, 0.2) is 6.10 Å². The van der Waals surface area contributed by atoms with Crippen LogP contribution in [0.4, 0.5) is 8.78 Å². The molecule has 0 aliphatic rings. The minimum atomic E-state index is -4.02. The van der Waals surface area contributed by atoms with E-state index in [-0.39, 0.29) is 18.8 Å². The minimum Gasteiger partial charge on any atom is -0.287 e. The Morgan fingerprint density at radius 1 is 1.15 bits per heavy atom. The smallest absolute Gasteiger partial charge is 0.287 e. The zero-order valence-electron chi connectivity index (χ0n) is 11.1. The lowest BCUT2D eigenvalue weighted by Gasteiger charge is -2.23. The van der Waals surface area contributed by atoms with Crippen LogP contribution in [0.3, 0.4) is 0 Å². The van der Waals surface area contributed by atoms with Gasteiger partial charge in [-0.25, -0.2) is 13.3 Å². The van der Waals surface area contributed by atoms with Gasteiger partial charge in [0.2, 0.25) is 0 Å². The van der Waals surface area contributed by atoms with Gasteiger partial charge < -0.3 is 0 Å². The van der Waals surface area contributed by atoms with E-state index < -0.39 is 20.4 Å². The maximum absolute atomic E-state index is 13.1. The van der Waals surface area contributed by atoms with Crippen molar-refractivity contribution in [3.05, 3.63) is 34.9 Å². The van der Waals surface area contributed by atoms with Crippen LogP contribution < -0.4 is 0 Å². The van der Waals surface area contributed by atoms with Crippen molar-refractivity contribution in [2.45, 2.75) is 26.4 Å². The fraction of sp³-hybridized carbons (Fsp3) is 0.500. The van der Waals surface area contributed by atoms with Gasteiger partial charge in [-0.15, -0.1) is 0 Å². The Labute approximate surface area is 121 Å². The largest absolute Gasteiger partial charge is 0.475 e. The van der Waals surface area contributed by atoms with E-state index in [0.717, 1.165) is 0 Å². The van der Waals surface area contributed by atoms with E-state index in [4.69, 9.17) is 25.2 Å². The lowest BCUT2D eigenvalue weighted by Crippen LogP contribution is -2.14. The fourth-order valence-corrected chi connectivity index (χ4v) is 2.90. The number of phosphoric ester groups is 1. The van der Waals surface area contributed by atoms with Crippen LogP contribution in [0.5, 0.6) is 0 Å². The second kappa shape index (κ2) is 8.05. The summed E-state index contributed by atoms with van der Waals surface area (Å²) < 4.78 is 53.0. The fourth-order valence-electron chi connectivity index (χ4n) is 1.46. The average Bonchev–Trinajstić information content (AvgIpc) is 2.37. The van der Waals surface area contributed by atoms with Crippen LogP contribution in [-0.2, 0) is 18.1 Å². The van der Waals surface area contributed by atoms with Crippen LogP contribution in [0.25, 0.3) is 0 Å². The van der Waals surface area contributed by atoms with E-state index in [2.05, 4.69) is 0 Å². The number of rotatable bonds is 8. The molecule has 0 spiro atoms. The molecular formula is C12H16ClF2O4P. The van der Waals surface area contributed by atoms with Gasteiger partial charge in [0.25, 0.3) is 6.43 Å². The van der Waals surface area contributed by atoms with Gasteiger partial charge in [-0.1, -0.05) is 23.7 Å². The van der Waals surface area contributed by atoms with Gasteiger partial charge in [-0.3, -0.25) is 13.6 Å². The van der Waals surface area contributed by atoms with E-state index >= 15 is 0 Å². The first kappa shape index (κ1) is 17.5. The van der Waals surface area contributed by atoms with Crippen molar-refractivity contribution in [3.63, 3.8) is 0 Å². The third-order valence-corrected chi connectivity index (χ3v) is 4.13. The zero-order chi connectivity index (χ0) is 15.2. The number of alkyl halides is 2. The summed E-state index contributed by atoms with van der Waals surface area (Å²) in [6.45, 7) is 3.17. The molecule has 0 aliphatic heterocycles. The molecule has 0 aliphatic carbocycles. The predicted octanol–water partition coefficient (Wildman–Crippen LogP) is 4.84. The quantitative estimate of drug-likeness (QED) is 0.640. The molecule has 1 aromatic carbocycles. The maximum Gasteiger partial charge on any atom is 0.475 e. The topological polar surface area (TPSA) is 44.8 Å². The molecule has 0 saturated carbocycles. The Kier molecular flexibility index (Phi) is 7.06. The number of phosphoric acid groups is 1. The molecule has 4 nitrogen and oxygen atoms in total.